The number of benzene rings is 2. The Morgan fingerprint density at radius 1 is 1.11 bits per heavy atom. The lowest BCUT2D eigenvalue weighted by Gasteiger charge is -2.19. The molecule has 0 unspecified atom stereocenters. The third-order valence-electron chi connectivity index (χ3n) is 4.28. The smallest absolute Gasteiger partial charge is 0.258 e. The van der Waals surface area contributed by atoms with Crippen molar-refractivity contribution in [3.63, 3.8) is 0 Å². The second kappa shape index (κ2) is 8.44. The van der Waals surface area contributed by atoms with Crippen molar-refractivity contribution in [3.05, 3.63) is 48.5 Å². The summed E-state index contributed by atoms with van der Waals surface area (Å²) in [6.07, 6.45) is 0.241. The van der Waals surface area contributed by atoms with Crippen molar-refractivity contribution in [2.75, 3.05) is 32.3 Å². The molecule has 1 heterocycles. The fraction of sp³-hybridized carbons (Fsp3) is 0.300. The Hall–Kier alpha value is -3.22. The molecule has 1 aliphatic rings. The van der Waals surface area contributed by atoms with Crippen LogP contribution in [-0.2, 0) is 9.59 Å². The maximum Gasteiger partial charge on any atom is 0.258 e. The van der Waals surface area contributed by atoms with Gasteiger partial charge in [0, 0.05) is 24.7 Å². The maximum absolute atomic E-state index is 12.4. The minimum atomic E-state index is -0.266. The van der Waals surface area contributed by atoms with Crippen LogP contribution in [0.5, 0.6) is 17.2 Å². The van der Waals surface area contributed by atoms with Gasteiger partial charge in [0.2, 0.25) is 5.91 Å². The molecular formula is C20H22N2O5. The molecule has 1 fully saturated rings. The van der Waals surface area contributed by atoms with E-state index in [0.29, 0.717) is 29.5 Å². The summed E-state index contributed by atoms with van der Waals surface area (Å²) in [5, 5.41) is 2.85. The SMILES string of the molecule is COc1ccc(N2C[C@H](NC(=O)COc3ccccc3)CC2=O)cc1OC. The molecule has 2 aromatic rings. The zero-order valence-corrected chi connectivity index (χ0v) is 15.3. The lowest BCUT2D eigenvalue weighted by Crippen LogP contribution is -2.39. The molecular weight excluding hydrogens is 348 g/mol. The van der Waals surface area contributed by atoms with Crippen molar-refractivity contribution in [2.45, 2.75) is 12.5 Å². The second-order valence-electron chi connectivity index (χ2n) is 6.11. The summed E-state index contributed by atoms with van der Waals surface area (Å²) in [7, 11) is 3.10. The van der Waals surface area contributed by atoms with Crippen LogP contribution in [0.15, 0.2) is 48.5 Å². The van der Waals surface area contributed by atoms with Gasteiger partial charge in [0.15, 0.2) is 18.1 Å². The van der Waals surface area contributed by atoms with Gasteiger partial charge in [-0.05, 0) is 24.3 Å². The van der Waals surface area contributed by atoms with Crippen LogP contribution < -0.4 is 24.4 Å². The quantitative estimate of drug-likeness (QED) is 0.807. The predicted molar refractivity (Wildman–Crippen MR) is 100 cm³/mol. The lowest BCUT2D eigenvalue weighted by molar-refractivity contribution is -0.123. The van der Waals surface area contributed by atoms with Gasteiger partial charge in [-0.1, -0.05) is 18.2 Å². The van der Waals surface area contributed by atoms with Gasteiger partial charge in [-0.25, -0.2) is 0 Å². The number of amides is 2. The highest BCUT2D eigenvalue weighted by atomic mass is 16.5. The first-order valence-corrected chi connectivity index (χ1v) is 8.60. The molecule has 0 bridgehead atoms. The fourth-order valence-electron chi connectivity index (χ4n) is 2.98. The number of ether oxygens (including phenoxy) is 3. The summed E-state index contributed by atoms with van der Waals surface area (Å²) in [5.41, 5.74) is 0.704. The minimum Gasteiger partial charge on any atom is -0.493 e. The van der Waals surface area contributed by atoms with Crippen molar-refractivity contribution < 1.29 is 23.8 Å². The Bertz CT molecular complexity index is 809. The topological polar surface area (TPSA) is 77.1 Å². The Morgan fingerprint density at radius 3 is 2.56 bits per heavy atom. The van der Waals surface area contributed by atoms with Crippen LogP contribution in [0.1, 0.15) is 6.42 Å². The molecule has 2 amide bonds. The van der Waals surface area contributed by atoms with Crippen molar-refractivity contribution in [2.24, 2.45) is 0 Å². The summed E-state index contributed by atoms with van der Waals surface area (Å²) >= 11 is 0. The molecule has 1 saturated heterocycles. The van der Waals surface area contributed by atoms with Gasteiger partial charge in [-0.3, -0.25) is 9.59 Å². The highest BCUT2D eigenvalue weighted by Gasteiger charge is 2.32. The average Bonchev–Trinajstić information content (AvgIpc) is 3.06. The van der Waals surface area contributed by atoms with Crippen LogP contribution in [-0.4, -0.2) is 45.2 Å². The second-order valence-corrected chi connectivity index (χ2v) is 6.11. The summed E-state index contributed by atoms with van der Waals surface area (Å²) in [6.45, 7) is 0.302. The van der Waals surface area contributed by atoms with Crippen molar-refractivity contribution in [1.82, 2.24) is 5.32 Å². The van der Waals surface area contributed by atoms with E-state index in [0.717, 1.165) is 0 Å². The van der Waals surface area contributed by atoms with Crippen LogP contribution in [0.2, 0.25) is 0 Å². The fourth-order valence-corrected chi connectivity index (χ4v) is 2.98. The molecule has 2 aromatic carbocycles. The molecule has 0 aliphatic carbocycles. The number of hydrogen-bond acceptors (Lipinski definition) is 5. The molecule has 142 valence electrons. The summed E-state index contributed by atoms with van der Waals surface area (Å²) in [4.78, 5) is 26.1. The third kappa shape index (κ3) is 4.49. The van der Waals surface area contributed by atoms with E-state index >= 15 is 0 Å². The summed E-state index contributed by atoms with van der Waals surface area (Å²) in [6, 6.07) is 14.1. The molecule has 1 N–H and O–H groups in total. The van der Waals surface area contributed by atoms with E-state index in [1.165, 1.54) is 0 Å². The molecule has 1 aliphatic heterocycles. The molecule has 3 rings (SSSR count). The Labute approximate surface area is 157 Å². The number of nitrogens with one attached hydrogen (secondary N) is 1. The van der Waals surface area contributed by atoms with Gasteiger partial charge in [0.05, 0.1) is 20.3 Å². The van der Waals surface area contributed by atoms with E-state index in [9.17, 15) is 9.59 Å². The standard InChI is InChI=1S/C20H22N2O5/c1-25-17-9-8-15(11-18(17)26-2)22-12-14(10-20(22)24)21-19(23)13-27-16-6-4-3-5-7-16/h3-9,11,14H,10,12-13H2,1-2H3,(H,21,23)/t14-/m1/s1. The van der Waals surface area contributed by atoms with Gasteiger partial charge in [0.1, 0.15) is 5.75 Å². The number of hydrogen-bond donors (Lipinski definition) is 1. The predicted octanol–water partition coefficient (Wildman–Crippen LogP) is 2.00. The molecule has 1 atom stereocenters. The van der Waals surface area contributed by atoms with Gasteiger partial charge >= 0.3 is 0 Å². The van der Waals surface area contributed by atoms with E-state index in [-0.39, 0.29) is 30.9 Å². The van der Waals surface area contributed by atoms with Crippen molar-refractivity contribution >= 4 is 17.5 Å². The Morgan fingerprint density at radius 2 is 1.85 bits per heavy atom. The zero-order chi connectivity index (χ0) is 19.2. The highest BCUT2D eigenvalue weighted by molar-refractivity contribution is 5.97. The van der Waals surface area contributed by atoms with Crippen LogP contribution in [0, 0.1) is 0 Å². The summed E-state index contributed by atoms with van der Waals surface area (Å²) < 4.78 is 15.9. The first-order chi connectivity index (χ1) is 13.1. The molecule has 0 saturated carbocycles. The number of carbonyl (C=O) groups excluding carboxylic acids is 2. The number of rotatable bonds is 7. The average molecular weight is 370 g/mol. The first-order valence-electron chi connectivity index (χ1n) is 8.60. The largest absolute Gasteiger partial charge is 0.493 e. The van der Waals surface area contributed by atoms with Crippen molar-refractivity contribution in [3.8, 4) is 17.2 Å². The monoisotopic (exact) mass is 370 g/mol. The molecule has 7 nitrogen and oxygen atoms in total. The van der Waals surface area contributed by atoms with E-state index in [1.54, 1.807) is 49.5 Å². The van der Waals surface area contributed by atoms with Gasteiger partial charge < -0.3 is 24.4 Å². The molecule has 27 heavy (non-hydrogen) atoms. The zero-order valence-electron chi connectivity index (χ0n) is 15.3. The maximum atomic E-state index is 12.4. The Kier molecular flexibility index (Phi) is 5.80. The minimum absolute atomic E-state index is 0.0588. The Balaban J connectivity index is 1.58. The van der Waals surface area contributed by atoms with Gasteiger partial charge in [0.25, 0.3) is 5.91 Å². The van der Waals surface area contributed by atoms with Crippen LogP contribution >= 0.6 is 0 Å². The molecule has 0 radical (unpaired) electrons. The van der Waals surface area contributed by atoms with E-state index in [1.807, 2.05) is 18.2 Å². The number of nitrogens with zero attached hydrogens (tertiary/aromatic N) is 1. The van der Waals surface area contributed by atoms with Crippen molar-refractivity contribution in [1.29, 1.82) is 0 Å². The first kappa shape index (κ1) is 18.6. The van der Waals surface area contributed by atoms with E-state index in [4.69, 9.17) is 14.2 Å². The van der Waals surface area contributed by atoms with Gasteiger partial charge in [-0.2, -0.15) is 0 Å². The number of methoxy groups -OCH3 is 2. The number of anilines is 1. The molecule has 0 aromatic heterocycles. The summed E-state index contributed by atoms with van der Waals surface area (Å²) in [5.74, 6) is 1.45. The number of para-hydroxylation sites is 1. The third-order valence-corrected chi connectivity index (χ3v) is 4.28. The normalized spacial score (nSPS) is 16.1. The van der Waals surface area contributed by atoms with Crippen LogP contribution in [0.25, 0.3) is 0 Å². The molecule has 7 heteroatoms. The lowest BCUT2D eigenvalue weighted by atomic mass is 10.2. The van der Waals surface area contributed by atoms with Crippen LogP contribution in [0.3, 0.4) is 0 Å². The van der Waals surface area contributed by atoms with E-state index in [2.05, 4.69) is 5.32 Å². The van der Waals surface area contributed by atoms with Crippen LogP contribution in [0.4, 0.5) is 5.69 Å². The number of carbonyl (C=O) groups is 2. The molecule has 0 spiro atoms. The van der Waals surface area contributed by atoms with Gasteiger partial charge in [-0.15, -0.1) is 0 Å². The highest BCUT2D eigenvalue weighted by Crippen LogP contribution is 2.33. The van der Waals surface area contributed by atoms with E-state index < -0.39 is 0 Å².